The molecule has 2 aromatic rings. The van der Waals surface area contributed by atoms with Crippen LogP contribution in [0.5, 0.6) is 11.5 Å². The van der Waals surface area contributed by atoms with E-state index in [1.807, 2.05) is 52.9 Å². The molecular weight excluding hydrogens is 371 g/mol. The Bertz CT molecular complexity index is 611. The molecule has 0 aliphatic carbocycles. The minimum absolute atomic E-state index is 0.203. The number of methoxy groups -OCH3 is 1. The average molecular weight is 384 g/mol. The number of halogens is 1. The number of ether oxygens (including phenoxy) is 2. The molecule has 0 spiro atoms. The van der Waals surface area contributed by atoms with Crippen molar-refractivity contribution in [2.45, 2.75) is 6.61 Å². The predicted molar refractivity (Wildman–Crippen MR) is 83.4 cm³/mol. The first-order valence-electron chi connectivity index (χ1n) is 5.90. The van der Waals surface area contributed by atoms with Crippen molar-refractivity contribution in [1.82, 2.24) is 0 Å². The first-order valence-corrected chi connectivity index (χ1v) is 6.98. The number of hydrogen-bond donors (Lipinski definition) is 1. The number of benzene rings is 2. The maximum Gasteiger partial charge on any atom is 0.336 e. The third-order valence-electron chi connectivity index (χ3n) is 2.74. The molecule has 0 heterocycles. The Labute approximate surface area is 130 Å². The van der Waals surface area contributed by atoms with Gasteiger partial charge in [-0.25, -0.2) is 4.79 Å². The van der Waals surface area contributed by atoms with E-state index in [4.69, 9.17) is 14.6 Å². The monoisotopic (exact) mass is 384 g/mol. The summed E-state index contributed by atoms with van der Waals surface area (Å²) in [7, 11) is 1.53. The van der Waals surface area contributed by atoms with Crippen LogP contribution in [0.15, 0.2) is 42.5 Å². The van der Waals surface area contributed by atoms with E-state index < -0.39 is 5.97 Å². The molecule has 104 valence electrons. The van der Waals surface area contributed by atoms with Gasteiger partial charge >= 0.3 is 5.97 Å². The van der Waals surface area contributed by atoms with Gasteiger partial charge in [-0.1, -0.05) is 30.3 Å². The number of carboxylic acid groups (broad SMARTS) is 1. The minimum Gasteiger partial charge on any atom is -0.493 e. The van der Waals surface area contributed by atoms with Gasteiger partial charge in [-0.2, -0.15) is 0 Å². The molecule has 2 aromatic carbocycles. The molecule has 0 aromatic heterocycles. The highest BCUT2D eigenvalue weighted by molar-refractivity contribution is 14.1. The second-order valence-electron chi connectivity index (χ2n) is 4.04. The van der Waals surface area contributed by atoms with Gasteiger partial charge in [0.05, 0.1) is 16.2 Å². The van der Waals surface area contributed by atoms with Gasteiger partial charge in [-0.05, 0) is 40.3 Å². The summed E-state index contributed by atoms with van der Waals surface area (Å²) >= 11 is 1.96. The molecule has 2 rings (SSSR count). The highest BCUT2D eigenvalue weighted by Crippen LogP contribution is 2.35. The van der Waals surface area contributed by atoms with Crippen molar-refractivity contribution in [2.75, 3.05) is 7.11 Å². The van der Waals surface area contributed by atoms with Crippen LogP contribution in [0, 0.1) is 3.57 Å². The summed E-state index contributed by atoms with van der Waals surface area (Å²) < 4.78 is 11.5. The Kier molecular flexibility index (Phi) is 4.84. The van der Waals surface area contributed by atoms with Gasteiger partial charge in [-0.15, -0.1) is 0 Å². The summed E-state index contributed by atoms with van der Waals surface area (Å²) in [5, 5.41) is 9.14. The van der Waals surface area contributed by atoms with Crippen molar-refractivity contribution >= 4 is 28.6 Å². The Balaban J connectivity index is 2.29. The van der Waals surface area contributed by atoms with Crippen LogP contribution in [0.3, 0.4) is 0 Å². The lowest BCUT2D eigenvalue weighted by Gasteiger charge is -2.14. The molecule has 1 N–H and O–H groups in total. The average Bonchev–Trinajstić information content (AvgIpc) is 2.46. The summed E-state index contributed by atoms with van der Waals surface area (Å²) in [5.74, 6) is -0.00574. The zero-order chi connectivity index (χ0) is 14.5. The minimum atomic E-state index is -0.985. The number of rotatable bonds is 5. The summed E-state index contributed by atoms with van der Waals surface area (Å²) in [6.07, 6.45) is 0. The molecule has 0 saturated heterocycles. The molecule has 20 heavy (non-hydrogen) atoms. The molecule has 5 heteroatoms. The smallest absolute Gasteiger partial charge is 0.336 e. The largest absolute Gasteiger partial charge is 0.493 e. The van der Waals surface area contributed by atoms with Crippen LogP contribution < -0.4 is 9.47 Å². The zero-order valence-corrected chi connectivity index (χ0v) is 13.0. The van der Waals surface area contributed by atoms with Gasteiger partial charge in [0.1, 0.15) is 6.61 Å². The van der Waals surface area contributed by atoms with Gasteiger partial charge in [0.2, 0.25) is 0 Å². The molecule has 0 saturated carbocycles. The van der Waals surface area contributed by atoms with E-state index in [-0.39, 0.29) is 5.56 Å². The SMILES string of the molecule is COc1ccc(C(=O)O)c(I)c1OCc1ccccc1. The highest BCUT2D eigenvalue weighted by atomic mass is 127. The molecule has 0 unspecified atom stereocenters. The lowest BCUT2D eigenvalue weighted by molar-refractivity contribution is 0.0695. The second kappa shape index (κ2) is 6.60. The zero-order valence-electron chi connectivity index (χ0n) is 10.8. The summed E-state index contributed by atoms with van der Waals surface area (Å²) in [4.78, 5) is 11.1. The lowest BCUT2D eigenvalue weighted by Crippen LogP contribution is -2.05. The molecule has 0 atom stereocenters. The van der Waals surface area contributed by atoms with Crippen molar-refractivity contribution in [3.8, 4) is 11.5 Å². The van der Waals surface area contributed by atoms with Gasteiger partial charge in [0, 0.05) is 0 Å². The van der Waals surface area contributed by atoms with Crippen LogP contribution in [-0.2, 0) is 6.61 Å². The van der Waals surface area contributed by atoms with Crippen LogP contribution in [0.2, 0.25) is 0 Å². The van der Waals surface area contributed by atoms with E-state index in [1.165, 1.54) is 13.2 Å². The Morgan fingerprint density at radius 1 is 1.20 bits per heavy atom. The molecule has 0 amide bonds. The third-order valence-corrected chi connectivity index (χ3v) is 3.81. The van der Waals surface area contributed by atoms with Crippen molar-refractivity contribution in [3.63, 3.8) is 0 Å². The second-order valence-corrected chi connectivity index (χ2v) is 5.12. The standard InChI is InChI=1S/C15H13IO4/c1-19-12-8-7-11(15(17)18)13(16)14(12)20-9-10-5-3-2-4-6-10/h2-8H,9H2,1H3,(H,17,18). The summed E-state index contributed by atoms with van der Waals surface area (Å²) in [6, 6.07) is 12.8. The van der Waals surface area contributed by atoms with E-state index in [2.05, 4.69) is 0 Å². The number of hydrogen-bond acceptors (Lipinski definition) is 3. The lowest BCUT2D eigenvalue weighted by atomic mass is 10.2. The van der Waals surface area contributed by atoms with E-state index in [9.17, 15) is 4.79 Å². The van der Waals surface area contributed by atoms with Crippen molar-refractivity contribution in [2.24, 2.45) is 0 Å². The fraction of sp³-hybridized carbons (Fsp3) is 0.133. The first kappa shape index (κ1) is 14.6. The highest BCUT2D eigenvalue weighted by Gasteiger charge is 2.17. The van der Waals surface area contributed by atoms with Crippen LogP contribution in [0.4, 0.5) is 0 Å². The van der Waals surface area contributed by atoms with Gasteiger partial charge in [0.15, 0.2) is 11.5 Å². The molecule has 0 aliphatic rings. The molecule has 0 aliphatic heterocycles. The number of carbonyl (C=O) groups is 1. The van der Waals surface area contributed by atoms with Crippen LogP contribution in [0.25, 0.3) is 0 Å². The fourth-order valence-corrected chi connectivity index (χ4v) is 2.56. The molecular formula is C15H13IO4. The van der Waals surface area contributed by atoms with Crippen LogP contribution in [-0.4, -0.2) is 18.2 Å². The van der Waals surface area contributed by atoms with Crippen LogP contribution in [0.1, 0.15) is 15.9 Å². The third kappa shape index (κ3) is 3.22. The van der Waals surface area contributed by atoms with E-state index in [0.717, 1.165) is 5.56 Å². The Morgan fingerprint density at radius 3 is 2.50 bits per heavy atom. The van der Waals surface area contributed by atoms with Crippen molar-refractivity contribution in [3.05, 3.63) is 57.2 Å². The maximum atomic E-state index is 11.1. The van der Waals surface area contributed by atoms with Gasteiger partial charge in [0.25, 0.3) is 0 Å². The maximum absolute atomic E-state index is 11.1. The Hall–Kier alpha value is -1.76. The van der Waals surface area contributed by atoms with E-state index >= 15 is 0 Å². The van der Waals surface area contributed by atoms with Crippen molar-refractivity contribution in [1.29, 1.82) is 0 Å². The van der Waals surface area contributed by atoms with Gasteiger partial charge in [-0.3, -0.25) is 0 Å². The summed E-state index contributed by atoms with van der Waals surface area (Å²) in [6.45, 7) is 0.357. The summed E-state index contributed by atoms with van der Waals surface area (Å²) in [5.41, 5.74) is 1.21. The normalized spacial score (nSPS) is 10.1. The fourth-order valence-electron chi connectivity index (χ4n) is 1.73. The topological polar surface area (TPSA) is 55.8 Å². The number of aromatic carboxylic acids is 1. The molecule has 0 radical (unpaired) electrons. The van der Waals surface area contributed by atoms with Crippen molar-refractivity contribution < 1.29 is 19.4 Å². The van der Waals surface area contributed by atoms with Crippen LogP contribution >= 0.6 is 22.6 Å². The molecule has 4 nitrogen and oxygen atoms in total. The molecule has 0 bridgehead atoms. The number of carboxylic acids is 1. The van der Waals surface area contributed by atoms with E-state index in [1.54, 1.807) is 6.07 Å². The Morgan fingerprint density at radius 2 is 1.90 bits per heavy atom. The molecule has 0 fully saturated rings. The quantitative estimate of drug-likeness (QED) is 0.801. The van der Waals surface area contributed by atoms with E-state index in [0.29, 0.717) is 21.7 Å². The predicted octanol–water partition coefficient (Wildman–Crippen LogP) is 3.58. The first-order chi connectivity index (χ1) is 9.63. The van der Waals surface area contributed by atoms with Gasteiger partial charge < -0.3 is 14.6 Å².